The molecule has 1 saturated heterocycles. The fourth-order valence-corrected chi connectivity index (χ4v) is 3.02. The summed E-state index contributed by atoms with van der Waals surface area (Å²) in [4.78, 5) is 4.93. The number of hydrogen-bond donors (Lipinski definition) is 1. The summed E-state index contributed by atoms with van der Waals surface area (Å²) in [6.07, 6.45) is 4.10. The Morgan fingerprint density at radius 2 is 2.12 bits per heavy atom. The summed E-state index contributed by atoms with van der Waals surface area (Å²) in [7, 11) is 4.47. The van der Waals surface area contributed by atoms with Gasteiger partial charge in [0.15, 0.2) is 0 Å². The van der Waals surface area contributed by atoms with Gasteiger partial charge in [-0.15, -0.1) is 0 Å². The van der Waals surface area contributed by atoms with Gasteiger partial charge >= 0.3 is 0 Å². The summed E-state index contributed by atoms with van der Waals surface area (Å²) in [5, 5.41) is 0. The summed E-state index contributed by atoms with van der Waals surface area (Å²) in [6, 6.07) is 0.538. The van der Waals surface area contributed by atoms with Crippen LogP contribution in [0.2, 0.25) is 0 Å². The number of likely N-dealkylation sites (N-methyl/N-ethyl adjacent to an activating group) is 1. The van der Waals surface area contributed by atoms with E-state index in [4.69, 9.17) is 5.73 Å². The standard InChI is InChI=1S/C14H31N3/c1-12(2)14(10-15)17(4)9-7-13-6-5-8-16(3)11-13/h12-14H,5-11,15H2,1-4H3. The highest BCUT2D eigenvalue weighted by Crippen LogP contribution is 2.19. The number of likely N-dealkylation sites (tertiary alicyclic amines) is 1. The van der Waals surface area contributed by atoms with Crippen molar-refractivity contribution < 1.29 is 0 Å². The highest BCUT2D eigenvalue weighted by molar-refractivity contribution is 4.76. The molecule has 3 heteroatoms. The maximum absolute atomic E-state index is 5.86. The minimum Gasteiger partial charge on any atom is -0.329 e. The van der Waals surface area contributed by atoms with Gasteiger partial charge in [0.25, 0.3) is 0 Å². The first-order valence-corrected chi connectivity index (χ1v) is 7.13. The van der Waals surface area contributed by atoms with E-state index in [1.165, 1.54) is 38.9 Å². The van der Waals surface area contributed by atoms with E-state index >= 15 is 0 Å². The lowest BCUT2D eigenvalue weighted by molar-refractivity contribution is 0.154. The van der Waals surface area contributed by atoms with Gasteiger partial charge in [-0.2, -0.15) is 0 Å². The first kappa shape index (κ1) is 14.9. The van der Waals surface area contributed by atoms with E-state index in [9.17, 15) is 0 Å². The van der Waals surface area contributed by atoms with E-state index in [2.05, 4.69) is 37.7 Å². The zero-order chi connectivity index (χ0) is 12.8. The van der Waals surface area contributed by atoms with Crippen LogP contribution in [0.15, 0.2) is 0 Å². The molecular formula is C14H31N3. The van der Waals surface area contributed by atoms with Crippen LogP contribution in [0.3, 0.4) is 0 Å². The van der Waals surface area contributed by atoms with Gasteiger partial charge in [-0.3, -0.25) is 0 Å². The Balaban J connectivity index is 2.28. The minimum absolute atomic E-state index is 0.538. The molecule has 0 radical (unpaired) electrons. The van der Waals surface area contributed by atoms with Crippen molar-refractivity contribution in [2.24, 2.45) is 17.6 Å². The molecule has 2 atom stereocenters. The molecule has 0 spiro atoms. The summed E-state index contributed by atoms with van der Waals surface area (Å²) in [5.74, 6) is 1.54. The highest BCUT2D eigenvalue weighted by atomic mass is 15.1. The SMILES string of the molecule is CC(C)C(CN)N(C)CCC1CCCN(C)C1. The van der Waals surface area contributed by atoms with Gasteiger partial charge in [0, 0.05) is 19.1 Å². The summed E-state index contributed by atoms with van der Waals surface area (Å²) >= 11 is 0. The van der Waals surface area contributed by atoms with Crippen molar-refractivity contribution in [1.82, 2.24) is 9.80 Å². The van der Waals surface area contributed by atoms with Crippen molar-refractivity contribution >= 4 is 0 Å². The molecular weight excluding hydrogens is 210 g/mol. The maximum Gasteiger partial charge on any atom is 0.0238 e. The van der Waals surface area contributed by atoms with Crippen LogP contribution in [0.5, 0.6) is 0 Å². The van der Waals surface area contributed by atoms with Crippen molar-refractivity contribution in [3.63, 3.8) is 0 Å². The monoisotopic (exact) mass is 241 g/mol. The van der Waals surface area contributed by atoms with Gasteiger partial charge in [0.1, 0.15) is 0 Å². The Morgan fingerprint density at radius 1 is 1.41 bits per heavy atom. The van der Waals surface area contributed by atoms with E-state index in [1.807, 2.05) is 0 Å². The summed E-state index contributed by atoms with van der Waals surface area (Å²) in [5.41, 5.74) is 5.86. The largest absolute Gasteiger partial charge is 0.329 e. The molecule has 17 heavy (non-hydrogen) atoms. The van der Waals surface area contributed by atoms with Gasteiger partial charge in [-0.1, -0.05) is 13.8 Å². The third-order valence-electron chi connectivity index (χ3n) is 4.19. The summed E-state index contributed by atoms with van der Waals surface area (Å²) in [6.45, 7) is 9.06. The Bertz CT molecular complexity index is 206. The van der Waals surface area contributed by atoms with E-state index < -0.39 is 0 Å². The van der Waals surface area contributed by atoms with Gasteiger partial charge in [0.05, 0.1) is 0 Å². The first-order chi connectivity index (χ1) is 8.04. The molecule has 0 saturated carbocycles. The smallest absolute Gasteiger partial charge is 0.0238 e. The normalized spacial score (nSPS) is 24.5. The van der Waals surface area contributed by atoms with Gasteiger partial charge < -0.3 is 15.5 Å². The van der Waals surface area contributed by atoms with Crippen molar-refractivity contribution in [3.8, 4) is 0 Å². The predicted octanol–water partition coefficient (Wildman–Crippen LogP) is 1.63. The molecule has 2 unspecified atom stereocenters. The lowest BCUT2D eigenvalue weighted by Crippen LogP contribution is -2.43. The lowest BCUT2D eigenvalue weighted by Gasteiger charge is -2.34. The third kappa shape index (κ3) is 4.94. The molecule has 0 aromatic rings. The van der Waals surface area contributed by atoms with E-state index in [-0.39, 0.29) is 0 Å². The van der Waals surface area contributed by atoms with Crippen molar-refractivity contribution in [2.45, 2.75) is 39.2 Å². The molecule has 0 aliphatic carbocycles. The Labute approximate surface area is 107 Å². The van der Waals surface area contributed by atoms with Crippen LogP contribution in [-0.2, 0) is 0 Å². The zero-order valence-corrected chi connectivity index (χ0v) is 12.2. The fraction of sp³-hybridized carbons (Fsp3) is 1.00. The average molecular weight is 241 g/mol. The lowest BCUT2D eigenvalue weighted by atomic mass is 9.94. The predicted molar refractivity (Wildman–Crippen MR) is 75.1 cm³/mol. The molecule has 1 rings (SSSR count). The van der Waals surface area contributed by atoms with E-state index in [0.29, 0.717) is 12.0 Å². The Morgan fingerprint density at radius 3 is 2.65 bits per heavy atom. The van der Waals surface area contributed by atoms with Gasteiger partial charge in [-0.05, 0) is 58.3 Å². The minimum atomic E-state index is 0.538. The molecule has 2 N–H and O–H groups in total. The molecule has 0 aromatic carbocycles. The van der Waals surface area contributed by atoms with Crippen LogP contribution in [0, 0.1) is 11.8 Å². The van der Waals surface area contributed by atoms with Crippen molar-refractivity contribution in [3.05, 3.63) is 0 Å². The number of nitrogens with zero attached hydrogens (tertiary/aromatic N) is 2. The summed E-state index contributed by atoms with van der Waals surface area (Å²) < 4.78 is 0. The molecule has 1 heterocycles. The molecule has 0 amide bonds. The average Bonchev–Trinajstić information content (AvgIpc) is 2.27. The van der Waals surface area contributed by atoms with Crippen LogP contribution >= 0.6 is 0 Å². The molecule has 1 aliphatic heterocycles. The van der Waals surface area contributed by atoms with Crippen LogP contribution in [0.4, 0.5) is 0 Å². The Kier molecular flexibility index (Phi) is 6.45. The molecule has 3 nitrogen and oxygen atoms in total. The fourth-order valence-electron chi connectivity index (χ4n) is 3.02. The quantitative estimate of drug-likeness (QED) is 0.767. The second kappa shape index (κ2) is 7.34. The van der Waals surface area contributed by atoms with Crippen LogP contribution in [-0.4, -0.2) is 56.1 Å². The second-order valence-corrected chi connectivity index (χ2v) is 6.09. The number of piperidine rings is 1. The Hall–Kier alpha value is -0.120. The van der Waals surface area contributed by atoms with Crippen molar-refractivity contribution in [1.29, 1.82) is 0 Å². The second-order valence-electron chi connectivity index (χ2n) is 6.09. The number of rotatable bonds is 6. The van der Waals surface area contributed by atoms with Gasteiger partial charge in [0.2, 0.25) is 0 Å². The number of nitrogens with two attached hydrogens (primary N) is 1. The van der Waals surface area contributed by atoms with Crippen molar-refractivity contribution in [2.75, 3.05) is 40.3 Å². The van der Waals surface area contributed by atoms with E-state index in [0.717, 1.165) is 12.5 Å². The maximum atomic E-state index is 5.86. The zero-order valence-electron chi connectivity index (χ0n) is 12.2. The topological polar surface area (TPSA) is 32.5 Å². The van der Waals surface area contributed by atoms with Crippen LogP contribution in [0.25, 0.3) is 0 Å². The van der Waals surface area contributed by atoms with Gasteiger partial charge in [-0.25, -0.2) is 0 Å². The first-order valence-electron chi connectivity index (χ1n) is 7.13. The van der Waals surface area contributed by atoms with E-state index in [1.54, 1.807) is 0 Å². The number of hydrogen-bond acceptors (Lipinski definition) is 3. The molecule has 0 bridgehead atoms. The van der Waals surface area contributed by atoms with Crippen LogP contribution < -0.4 is 5.73 Å². The molecule has 102 valence electrons. The molecule has 1 aliphatic rings. The third-order valence-corrected chi connectivity index (χ3v) is 4.19. The molecule has 1 fully saturated rings. The van der Waals surface area contributed by atoms with Crippen LogP contribution in [0.1, 0.15) is 33.1 Å². The molecule has 0 aromatic heterocycles. The highest BCUT2D eigenvalue weighted by Gasteiger charge is 2.20.